The summed E-state index contributed by atoms with van der Waals surface area (Å²) in [5.74, 6) is 0.0377. The van der Waals surface area contributed by atoms with Crippen LogP contribution in [0.2, 0.25) is 5.02 Å². The summed E-state index contributed by atoms with van der Waals surface area (Å²) in [7, 11) is 0. The van der Waals surface area contributed by atoms with Crippen LogP contribution < -0.4 is 4.74 Å². The first-order valence-electron chi connectivity index (χ1n) is 11.3. The van der Waals surface area contributed by atoms with Crippen molar-refractivity contribution in [2.24, 2.45) is 0 Å². The molecule has 1 N–H and O–H groups in total. The number of allylic oxidation sites excluding steroid dienone is 1. The topological polar surface area (TPSA) is 70.5 Å². The lowest BCUT2D eigenvalue weighted by Crippen LogP contribution is -2.09. The third-order valence-electron chi connectivity index (χ3n) is 6.33. The maximum absolute atomic E-state index is 13.9. The van der Waals surface area contributed by atoms with E-state index in [4.69, 9.17) is 21.3 Å². The van der Waals surface area contributed by atoms with Crippen LogP contribution in [0, 0.1) is 17.1 Å². The maximum atomic E-state index is 13.9. The number of nitriles is 1. The molecule has 176 valence electrons. The van der Waals surface area contributed by atoms with Gasteiger partial charge in [-0.2, -0.15) is 5.26 Å². The van der Waals surface area contributed by atoms with Crippen molar-refractivity contribution >= 4 is 22.8 Å². The minimum Gasteiger partial charge on any atom is -0.488 e. The van der Waals surface area contributed by atoms with Gasteiger partial charge in [0, 0.05) is 29.0 Å². The van der Waals surface area contributed by atoms with Crippen molar-refractivity contribution < 1.29 is 14.2 Å². The number of hydrogen-bond donors (Lipinski definition) is 1. The van der Waals surface area contributed by atoms with Crippen LogP contribution in [0.25, 0.3) is 11.2 Å². The molecule has 0 aliphatic carbocycles. The summed E-state index contributed by atoms with van der Waals surface area (Å²) in [6, 6.07) is 15.7. The number of halogens is 2. The van der Waals surface area contributed by atoms with Crippen molar-refractivity contribution in [3.63, 3.8) is 0 Å². The highest BCUT2D eigenvalue weighted by Crippen LogP contribution is 2.40. The molecular weight excluding hydrogens is 465 g/mol. The Balaban J connectivity index is 1.66. The number of rotatable bonds is 3. The largest absolute Gasteiger partial charge is 0.488 e. The predicted molar refractivity (Wildman–Crippen MR) is 133 cm³/mol. The average molecular weight is 488 g/mol. The molecule has 1 aliphatic heterocycles. The van der Waals surface area contributed by atoms with Crippen LogP contribution in [-0.2, 0) is 6.61 Å². The first kappa shape index (κ1) is 23.1. The number of ether oxygens (including phenoxy) is 1. The van der Waals surface area contributed by atoms with Gasteiger partial charge in [-0.05, 0) is 59.9 Å². The van der Waals surface area contributed by atoms with Crippen molar-refractivity contribution in [2.75, 3.05) is 0 Å². The third kappa shape index (κ3) is 3.87. The lowest BCUT2D eigenvalue weighted by atomic mass is 9.89. The van der Waals surface area contributed by atoms with Gasteiger partial charge in [-0.1, -0.05) is 37.6 Å². The molecule has 0 bridgehead atoms. The molecule has 0 saturated carbocycles. The van der Waals surface area contributed by atoms with Crippen molar-refractivity contribution in [1.29, 1.82) is 5.26 Å². The fourth-order valence-corrected chi connectivity index (χ4v) is 4.86. The number of aliphatic hydroxyl groups excluding tert-OH is 1. The normalized spacial score (nSPS) is 15.1. The van der Waals surface area contributed by atoms with Gasteiger partial charge in [0.1, 0.15) is 24.3 Å². The van der Waals surface area contributed by atoms with E-state index in [2.05, 4.69) is 6.07 Å². The second-order valence-electron chi connectivity index (χ2n) is 8.95. The zero-order chi connectivity index (χ0) is 24.9. The molecule has 0 spiro atoms. The van der Waals surface area contributed by atoms with E-state index in [0.29, 0.717) is 44.4 Å². The van der Waals surface area contributed by atoms with Crippen molar-refractivity contribution in [3.05, 3.63) is 105 Å². The predicted octanol–water partition coefficient (Wildman–Crippen LogP) is 6.57. The Morgan fingerprint density at radius 2 is 1.97 bits per heavy atom. The number of pyridine rings is 1. The fraction of sp³-hybridized carbons (Fsp3) is 0.214. The summed E-state index contributed by atoms with van der Waals surface area (Å²) in [5, 5.41) is 21.7. The molecule has 0 radical (unpaired) electrons. The molecule has 7 heteroatoms. The second-order valence-corrected chi connectivity index (χ2v) is 9.35. The highest BCUT2D eigenvalue weighted by molar-refractivity contribution is 6.33. The van der Waals surface area contributed by atoms with Gasteiger partial charge >= 0.3 is 0 Å². The summed E-state index contributed by atoms with van der Waals surface area (Å²) in [4.78, 5) is 4.71. The van der Waals surface area contributed by atoms with E-state index in [1.54, 1.807) is 19.1 Å². The molecule has 0 fully saturated rings. The molecule has 5 nitrogen and oxygen atoms in total. The highest BCUT2D eigenvalue weighted by atomic mass is 35.5. The molecular formula is C28H23ClFN3O2. The first-order chi connectivity index (χ1) is 16.8. The Morgan fingerprint density at radius 3 is 2.71 bits per heavy atom. The van der Waals surface area contributed by atoms with Crippen LogP contribution in [0.1, 0.15) is 66.4 Å². The molecule has 4 aromatic rings. The molecule has 0 amide bonds. The maximum Gasteiger partial charge on any atom is 0.156 e. The van der Waals surface area contributed by atoms with E-state index in [0.717, 1.165) is 16.8 Å². The second kappa shape index (κ2) is 8.84. The van der Waals surface area contributed by atoms with Gasteiger partial charge in [-0.3, -0.25) is 4.40 Å². The van der Waals surface area contributed by atoms with E-state index >= 15 is 0 Å². The van der Waals surface area contributed by atoms with Gasteiger partial charge in [0.2, 0.25) is 0 Å². The smallest absolute Gasteiger partial charge is 0.156 e. The third-order valence-corrected chi connectivity index (χ3v) is 6.62. The SMILES string of the molecule is C/C(C#N)=C1\c2ccc(C(O)c3c(C(C)C)nc4c(Cl)cccn34)cc2COc2cc(F)ccc21. The number of imidazole rings is 1. The van der Waals surface area contributed by atoms with E-state index in [1.807, 2.05) is 48.7 Å². The van der Waals surface area contributed by atoms with Crippen LogP contribution in [0.15, 0.2) is 60.3 Å². The van der Waals surface area contributed by atoms with E-state index in [9.17, 15) is 14.8 Å². The van der Waals surface area contributed by atoms with Crippen molar-refractivity contribution in [1.82, 2.24) is 9.38 Å². The standard InChI is InChI=1S/C28H23ClFN3O2/c1-15(2)25-26(33-10-4-5-22(29)28(33)32-25)27(34)17-6-8-20-18(11-17)14-35-23-12-19(30)7-9-21(23)24(20)16(3)13-31/h4-12,15,27,34H,14H2,1-3H3/b24-16-. The minimum atomic E-state index is -0.973. The Labute approximate surface area is 207 Å². The van der Waals surface area contributed by atoms with E-state index in [1.165, 1.54) is 12.1 Å². The fourth-order valence-electron chi connectivity index (χ4n) is 4.65. The molecule has 1 aliphatic rings. The lowest BCUT2D eigenvalue weighted by Gasteiger charge is -2.17. The zero-order valence-electron chi connectivity index (χ0n) is 19.5. The molecule has 5 rings (SSSR count). The Kier molecular flexibility index (Phi) is 5.84. The average Bonchev–Trinajstić information content (AvgIpc) is 3.17. The van der Waals surface area contributed by atoms with E-state index in [-0.39, 0.29) is 12.5 Å². The molecule has 2 aromatic carbocycles. The quantitative estimate of drug-likeness (QED) is 0.332. The molecule has 2 aromatic heterocycles. The van der Waals surface area contributed by atoms with Crippen molar-refractivity contribution in [2.45, 2.75) is 39.4 Å². The summed E-state index contributed by atoms with van der Waals surface area (Å²) < 4.78 is 21.7. The van der Waals surface area contributed by atoms with Crippen LogP contribution in [-0.4, -0.2) is 14.5 Å². The number of benzene rings is 2. The minimum absolute atomic E-state index is 0.0667. The van der Waals surface area contributed by atoms with Crippen LogP contribution >= 0.6 is 11.6 Å². The number of aliphatic hydroxyl groups is 1. The number of aromatic nitrogens is 2. The molecule has 1 unspecified atom stereocenters. The van der Waals surface area contributed by atoms with Gasteiger partial charge < -0.3 is 9.84 Å². The lowest BCUT2D eigenvalue weighted by molar-refractivity contribution is 0.212. The summed E-state index contributed by atoms with van der Waals surface area (Å²) in [6.07, 6.45) is 0.867. The van der Waals surface area contributed by atoms with Gasteiger partial charge in [0.15, 0.2) is 5.65 Å². The van der Waals surface area contributed by atoms with Gasteiger partial charge in [-0.15, -0.1) is 0 Å². The molecule has 35 heavy (non-hydrogen) atoms. The molecule has 1 atom stereocenters. The Bertz CT molecular complexity index is 1550. The van der Waals surface area contributed by atoms with Crippen LogP contribution in [0.3, 0.4) is 0 Å². The van der Waals surface area contributed by atoms with Gasteiger partial charge in [0.25, 0.3) is 0 Å². The van der Waals surface area contributed by atoms with Crippen LogP contribution in [0.5, 0.6) is 5.75 Å². The molecule has 0 saturated heterocycles. The zero-order valence-corrected chi connectivity index (χ0v) is 20.3. The van der Waals surface area contributed by atoms with Crippen LogP contribution in [0.4, 0.5) is 4.39 Å². The summed E-state index contributed by atoms with van der Waals surface area (Å²) in [5.41, 5.74) is 6.13. The number of hydrogen-bond acceptors (Lipinski definition) is 4. The highest BCUT2D eigenvalue weighted by Gasteiger charge is 2.27. The summed E-state index contributed by atoms with van der Waals surface area (Å²) >= 11 is 6.39. The van der Waals surface area contributed by atoms with Gasteiger partial charge in [-0.25, -0.2) is 9.37 Å². The molecule has 3 heterocycles. The summed E-state index contributed by atoms with van der Waals surface area (Å²) in [6.45, 7) is 5.95. The Morgan fingerprint density at radius 1 is 1.20 bits per heavy atom. The first-order valence-corrected chi connectivity index (χ1v) is 11.7. The van der Waals surface area contributed by atoms with Gasteiger partial charge in [0.05, 0.1) is 22.5 Å². The van der Waals surface area contributed by atoms with Crippen molar-refractivity contribution in [3.8, 4) is 11.8 Å². The number of fused-ring (bicyclic) bond motifs is 3. The van der Waals surface area contributed by atoms with E-state index < -0.39 is 11.9 Å². The Hall–Kier alpha value is -3.66. The number of nitrogens with zero attached hydrogens (tertiary/aromatic N) is 3. The monoisotopic (exact) mass is 487 g/mol.